The highest BCUT2D eigenvalue weighted by molar-refractivity contribution is 5.73. The Balaban J connectivity index is 2.37. The molecule has 0 aliphatic rings. The van der Waals surface area contributed by atoms with E-state index in [1.54, 1.807) is 7.05 Å². The molecule has 0 fully saturated rings. The number of hydrogen-bond donors (Lipinski definition) is 2. The summed E-state index contributed by atoms with van der Waals surface area (Å²) in [5.74, 6) is 0.725. The van der Waals surface area contributed by atoms with E-state index in [1.165, 1.54) is 10.5 Å². The predicted molar refractivity (Wildman–Crippen MR) is 69.7 cm³/mol. The van der Waals surface area contributed by atoms with Gasteiger partial charge in [-0.2, -0.15) is 0 Å². The number of rotatable bonds is 5. The van der Waals surface area contributed by atoms with Crippen LogP contribution in [0.2, 0.25) is 0 Å². The zero-order chi connectivity index (χ0) is 13.5. The monoisotopic (exact) mass is 252 g/mol. The summed E-state index contributed by atoms with van der Waals surface area (Å²) in [5, 5.41) is 11.3. The van der Waals surface area contributed by atoms with Crippen LogP contribution in [0.3, 0.4) is 0 Å². The molecule has 0 saturated heterocycles. The largest absolute Gasteiger partial charge is 0.473 e. The van der Waals surface area contributed by atoms with Gasteiger partial charge in [0, 0.05) is 13.6 Å². The fourth-order valence-corrected chi connectivity index (χ4v) is 1.37. The highest BCUT2D eigenvalue weighted by Crippen LogP contribution is 2.15. The van der Waals surface area contributed by atoms with Crippen LogP contribution in [-0.4, -0.2) is 43.0 Å². The minimum absolute atomic E-state index is 0.0536. The first kappa shape index (κ1) is 14.3. The number of carbonyl (C=O) groups excluding carboxylic acids is 1. The molecule has 0 spiro atoms. The zero-order valence-corrected chi connectivity index (χ0v) is 11.1. The maximum absolute atomic E-state index is 11.5. The van der Waals surface area contributed by atoms with Crippen LogP contribution in [0.15, 0.2) is 18.2 Å². The Morgan fingerprint density at radius 2 is 2.11 bits per heavy atom. The number of aliphatic hydroxyl groups excluding tert-OH is 1. The summed E-state index contributed by atoms with van der Waals surface area (Å²) in [4.78, 5) is 12.9. The molecule has 0 bridgehead atoms. The van der Waals surface area contributed by atoms with Crippen LogP contribution < -0.4 is 10.1 Å². The summed E-state index contributed by atoms with van der Waals surface area (Å²) in [6.45, 7) is 4.40. The summed E-state index contributed by atoms with van der Waals surface area (Å²) >= 11 is 0. The lowest BCUT2D eigenvalue weighted by atomic mass is 10.1. The number of benzene rings is 1. The van der Waals surface area contributed by atoms with Crippen LogP contribution >= 0.6 is 0 Å². The van der Waals surface area contributed by atoms with Crippen LogP contribution in [0, 0.1) is 13.8 Å². The van der Waals surface area contributed by atoms with Gasteiger partial charge >= 0.3 is 6.03 Å². The number of aliphatic hydroxyl groups is 1. The number of nitrogens with one attached hydrogen (secondary N) is 1. The molecule has 0 unspecified atom stereocenters. The van der Waals surface area contributed by atoms with Crippen molar-refractivity contribution in [3.63, 3.8) is 0 Å². The Morgan fingerprint density at radius 3 is 2.72 bits per heavy atom. The molecule has 2 N–H and O–H groups in total. The van der Waals surface area contributed by atoms with Gasteiger partial charge in [-0.3, -0.25) is 0 Å². The second kappa shape index (κ2) is 6.86. The lowest BCUT2D eigenvalue weighted by Crippen LogP contribution is -2.40. The summed E-state index contributed by atoms with van der Waals surface area (Å²) in [6.07, 6.45) is 0. The fraction of sp³-hybridized carbons (Fsp3) is 0.462. The quantitative estimate of drug-likeness (QED) is 0.776. The first-order valence-electron chi connectivity index (χ1n) is 5.84. The van der Waals surface area contributed by atoms with Crippen LogP contribution in [0.5, 0.6) is 5.75 Å². The van der Waals surface area contributed by atoms with Gasteiger partial charge in [0.15, 0.2) is 6.73 Å². The van der Waals surface area contributed by atoms with E-state index in [4.69, 9.17) is 9.84 Å². The first-order valence-corrected chi connectivity index (χ1v) is 5.84. The molecule has 0 heterocycles. The maximum atomic E-state index is 11.5. The van der Waals surface area contributed by atoms with E-state index in [0.717, 1.165) is 11.3 Å². The summed E-state index contributed by atoms with van der Waals surface area (Å²) in [5.41, 5.74) is 2.35. The number of nitrogens with zero attached hydrogens (tertiary/aromatic N) is 1. The first-order chi connectivity index (χ1) is 8.54. The zero-order valence-electron chi connectivity index (χ0n) is 11.1. The number of carbonyl (C=O) groups is 1. The number of ether oxygens (including phenoxy) is 1. The molecule has 0 aliphatic heterocycles. The number of amides is 2. The predicted octanol–water partition coefficient (Wildman–Crippen LogP) is 1.27. The molecule has 5 nitrogen and oxygen atoms in total. The molecule has 1 aromatic carbocycles. The molecular weight excluding hydrogens is 232 g/mol. The van der Waals surface area contributed by atoms with E-state index in [9.17, 15) is 4.79 Å². The molecule has 2 amide bonds. The van der Waals surface area contributed by atoms with Crippen molar-refractivity contribution in [2.75, 3.05) is 26.9 Å². The third-order valence-corrected chi connectivity index (χ3v) is 2.72. The van der Waals surface area contributed by atoms with Gasteiger partial charge in [-0.25, -0.2) is 4.79 Å². The molecule has 0 aliphatic carbocycles. The van der Waals surface area contributed by atoms with E-state index in [-0.39, 0.29) is 19.4 Å². The van der Waals surface area contributed by atoms with Crippen LogP contribution in [0.25, 0.3) is 0 Å². The van der Waals surface area contributed by atoms with Crippen molar-refractivity contribution in [3.8, 4) is 5.75 Å². The Morgan fingerprint density at radius 1 is 1.39 bits per heavy atom. The second-order valence-electron chi connectivity index (χ2n) is 4.16. The van der Waals surface area contributed by atoms with Crippen molar-refractivity contribution in [1.29, 1.82) is 0 Å². The SMILES string of the molecule is Cc1ccc(OCNC(=O)N(C)CCO)cc1C. The van der Waals surface area contributed by atoms with Gasteiger partial charge in [-0.05, 0) is 37.1 Å². The molecule has 0 aromatic heterocycles. The average molecular weight is 252 g/mol. The Hall–Kier alpha value is -1.75. The normalized spacial score (nSPS) is 10.0. The minimum atomic E-state index is -0.270. The van der Waals surface area contributed by atoms with Crippen molar-refractivity contribution in [2.24, 2.45) is 0 Å². The lowest BCUT2D eigenvalue weighted by Gasteiger charge is -2.17. The summed E-state index contributed by atoms with van der Waals surface area (Å²) in [6, 6.07) is 5.50. The van der Waals surface area contributed by atoms with Gasteiger partial charge in [-0.1, -0.05) is 6.07 Å². The van der Waals surface area contributed by atoms with Gasteiger partial charge < -0.3 is 20.1 Å². The van der Waals surface area contributed by atoms with Gasteiger partial charge in [0.2, 0.25) is 0 Å². The van der Waals surface area contributed by atoms with E-state index in [0.29, 0.717) is 6.54 Å². The topological polar surface area (TPSA) is 61.8 Å². The third-order valence-electron chi connectivity index (χ3n) is 2.72. The molecule has 0 saturated carbocycles. The van der Waals surface area contributed by atoms with E-state index >= 15 is 0 Å². The van der Waals surface area contributed by atoms with Gasteiger partial charge in [0.05, 0.1) is 6.61 Å². The van der Waals surface area contributed by atoms with E-state index < -0.39 is 0 Å². The van der Waals surface area contributed by atoms with E-state index in [2.05, 4.69) is 5.32 Å². The molecule has 18 heavy (non-hydrogen) atoms. The molecular formula is C13H20N2O3. The van der Waals surface area contributed by atoms with Crippen molar-refractivity contribution < 1.29 is 14.6 Å². The van der Waals surface area contributed by atoms with Crippen molar-refractivity contribution in [3.05, 3.63) is 29.3 Å². The molecule has 5 heteroatoms. The van der Waals surface area contributed by atoms with Gasteiger partial charge in [0.1, 0.15) is 5.75 Å². The highest BCUT2D eigenvalue weighted by Gasteiger charge is 2.06. The van der Waals surface area contributed by atoms with Crippen LogP contribution in [0.4, 0.5) is 4.79 Å². The van der Waals surface area contributed by atoms with Crippen molar-refractivity contribution in [2.45, 2.75) is 13.8 Å². The van der Waals surface area contributed by atoms with Gasteiger partial charge in [-0.15, -0.1) is 0 Å². The smallest absolute Gasteiger partial charge is 0.319 e. The standard InChI is InChI=1S/C13H20N2O3/c1-10-4-5-12(8-11(10)2)18-9-14-13(17)15(3)6-7-16/h4-5,8,16H,6-7,9H2,1-3H3,(H,14,17). The van der Waals surface area contributed by atoms with Crippen molar-refractivity contribution >= 4 is 6.03 Å². The second-order valence-corrected chi connectivity index (χ2v) is 4.16. The molecule has 1 aromatic rings. The minimum Gasteiger partial charge on any atom is -0.473 e. The Kier molecular flexibility index (Phi) is 5.45. The highest BCUT2D eigenvalue weighted by atomic mass is 16.5. The average Bonchev–Trinajstić information content (AvgIpc) is 2.34. The number of hydrogen-bond acceptors (Lipinski definition) is 3. The number of urea groups is 1. The Bertz CT molecular complexity index is 407. The summed E-state index contributed by atoms with van der Waals surface area (Å²) < 4.78 is 5.42. The summed E-state index contributed by atoms with van der Waals surface area (Å²) in [7, 11) is 1.61. The molecule has 100 valence electrons. The molecule has 0 atom stereocenters. The molecule has 0 radical (unpaired) electrons. The van der Waals surface area contributed by atoms with Gasteiger partial charge in [0.25, 0.3) is 0 Å². The Labute approximate surface area is 107 Å². The maximum Gasteiger partial charge on any atom is 0.319 e. The van der Waals surface area contributed by atoms with Crippen molar-refractivity contribution in [1.82, 2.24) is 10.2 Å². The molecule has 1 rings (SSSR count). The lowest BCUT2D eigenvalue weighted by molar-refractivity contribution is 0.179. The number of aryl methyl sites for hydroxylation is 2. The van der Waals surface area contributed by atoms with Crippen LogP contribution in [0.1, 0.15) is 11.1 Å². The van der Waals surface area contributed by atoms with E-state index in [1.807, 2.05) is 32.0 Å². The van der Waals surface area contributed by atoms with Crippen LogP contribution in [-0.2, 0) is 0 Å². The third kappa shape index (κ3) is 4.25. The fourth-order valence-electron chi connectivity index (χ4n) is 1.37. The number of likely N-dealkylation sites (N-methyl/N-ethyl adjacent to an activating group) is 1.